The van der Waals surface area contributed by atoms with Crippen LogP contribution >= 0.6 is 11.6 Å². The fraction of sp³-hybridized carbons (Fsp3) is 0.471. The van der Waals surface area contributed by atoms with Crippen molar-refractivity contribution in [3.05, 3.63) is 35.9 Å². The number of alkyl halides is 1. The van der Waals surface area contributed by atoms with E-state index >= 15 is 0 Å². The first kappa shape index (κ1) is 18.3. The van der Waals surface area contributed by atoms with Gasteiger partial charge < -0.3 is 15.5 Å². The number of halogens is 1. The molecule has 6 nitrogen and oxygen atoms in total. The molecule has 0 aliphatic carbocycles. The van der Waals surface area contributed by atoms with E-state index in [0.717, 1.165) is 0 Å². The van der Waals surface area contributed by atoms with Crippen molar-refractivity contribution in [1.29, 1.82) is 0 Å². The molecule has 3 amide bonds. The van der Waals surface area contributed by atoms with E-state index in [0.29, 0.717) is 31.5 Å². The van der Waals surface area contributed by atoms with E-state index in [1.165, 1.54) is 0 Å². The van der Waals surface area contributed by atoms with Crippen molar-refractivity contribution in [2.75, 3.05) is 19.6 Å². The maximum absolute atomic E-state index is 12.2. The smallest absolute Gasteiger partial charge is 0.251 e. The van der Waals surface area contributed by atoms with Gasteiger partial charge in [0.1, 0.15) is 5.38 Å². The van der Waals surface area contributed by atoms with Crippen LogP contribution in [0.25, 0.3) is 0 Å². The van der Waals surface area contributed by atoms with Crippen LogP contribution in [0.15, 0.2) is 30.3 Å². The molecule has 0 saturated carbocycles. The molecule has 1 aromatic rings. The zero-order valence-corrected chi connectivity index (χ0v) is 14.4. The van der Waals surface area contributed by atoms with Gasteiger partial charge in [-0.15, -0.1) is 11.6 Å². The Morgan fingerprint density at radius 1 is 1.21 bits per heavy atom. The summed E-state index contributed by atoms with van der Waals surface area (Å²) in [5.74, 6) is -0.562. The third kappa shape index (κ3) is 5.23. The minimum Gasteiger partial charge on any atom is -0.352 e. The molecular formula is C17H22ClN3O3. The third-order valence-electron chi connectivity index (χ3n) is 3.99. The molecule has 0 bridgehead atoms. The van der Waals surface area contributed by atoms with Crippen LogP contribution in [-0.2, 0) is 9.59 Å². The number of benzene rings is 1. The lowest BCUT2D eigenvalue weighted by Crippen LogP contribution is -2.49. The van der Waals surface area contributed by atoms with Crippen LogP contribution in [-0.4, -0.2) is 53.7 Å². The minimum atomic E-state index is -0.558. The van der Waals surface area contributed by atoms with Crippen LogP contribution in [0.2, 0.25) is 0 Å². The molecule has 0 aromatic heterocycles. The molecule has 1 atom stereocenters. The molecule has 1 aliphatic heterocycles. The van der Waals surface area contributed by atoms with Gasteiger partial charge in [-0.25, -0.2) is 0 Å². The summed E-state index contributed by atoms with van der Waals surface area (Å²) < 4.78 is 0. The zero-order chi connectivity index (χ0) is 17.5. The number of amides is 3. The Morgan fingerprint density at radius 2 is 1.83 bits per heavy atom. The number of hydrogen-bond acceptors (Lipinski definition) is 3. The average Bonchev–Trinajstić information content (AvgIpc) is 2.60. The number of piperidine rings is 1. The third-order valence-corrected chi connectivity index (χ3v) is 4.19. The van der Waals surface area contributed by atoms with Crippen molar-refractivity contribution in [2.24, 2.45) is 0 Å². The van der Waals surface area contributed by atoms with Gasteiger partial charge in [-0.05, 0) is 31.9 Å². The highest BCUT2D eigenvalue weighted by molar-refractivity contribution is 6.30. The number of likely N-dealkylation sites (tertiary alicyclic amines) is 1. The highest BCUT2D eigenvalue weighted by Gasteiger charge is 2.24. The van der Waals surface area contributed by atoms with E-state index in [1.807, 2.05) is 6.07 Å². The maximum atomic E-state index is 12.2. The first-order valence-corrected chi connectivity index (χ1v) is 8.46. The summed E-state index contributed by atoms with van der Waals surface area (Å²) in [6, 6.07) is 8.82. The topological polar surface area (TPSA) is 78.5 Å². The summed E-state index contributed by atoms with van der Waals surface area (Å²) in [5.41, 5.74) is 0.530. The van der Waals surface area contributed by atoms with Crippen LogP contribution in [0, 0.1) is 0 Å². The van der Waals surface area contributed by atoms with Gasteiger partial charge in [0.25, 0.3) is 5.91 Å². The maximum Gasteiger partial charge on any atom is 0.251 e. The van der Waals surface area contributed by atoms with Crippen LogP contribution in [0.5, 0.6) is 0 Å². The lowest BCUT2D eigenvalue weighted by molar-refractivity contribution is -0.131. The van der Waals surface area contributed by atoms with Gasteiger partial charge in [-0.2, -0.15) is 0 Å². The van der Waals surface area contributed by atoms with Crippen LogP contribution in [0.1, 0.15) is 30.1 Å². The SMILES string of the molecule is CC(Cl)C(=O)NC1CCN(C(=O)CNC(=O)c2ccccc2)CC1. The first-order valence-electron chi connectivity index (χ1n) is 8.03. The predicted molar refractivity (Wildman–Crippen MR) is 91.8 cm³/mol. The molecular weight excluding hydrogens is 330 g/mol. The normalized spacial score (nSPS) is 16.3. The van der Waals surface area contributed by atoms with Crippen molar-refractivity contribution < 1.29 is 14.4 Å². The minimum absolute atomic E-state index is 0.0243. The number of hydrogen-bond donors (Lipinski definition) is 2. The molecule has 1 saturated heterocycles. The van der Waals surface area contributed by atoms with E-state index in [1.54, 1.807) is 36.1 Å². The Balaban J connectivity index is 1.73. The Labute approximate surface area is 146 Å². The van der Waals surface area contributed by atoms with Crippen LogP contribution in [0.4, 0.5) is 0 Å². The summed E-state index contributed by atoms with van der Waals surface area (Å²) in [5, 5.41) is 4.95. The Morgan fingerprint density at radius 3 is 2.42 bits per heavy atom. The number of carbonyl (C=O) groups is 3. The molecule has 0 spiro atoms. The molecule has 2 rings (SSSR count). The van der Waals surface area contributed by atoms with Gasteiger partial charge in [-0.1, -0.05) is 18.2 Å². The van der Waals surface area contributed by atoms with E-state index in [9.17, 15) is 14.4 Å². The van der Waals surface area contributed by atoms with E-state index in [-0.39, 0.29) is 30.3 Å². The molecule has 0 radical (unpaired) electrons. The Kier molecular flexibility index (Phi) is 6.61. The summed E-state index contributed by atoms with van der Waals surface area (Å²) in [7, 11) is 0. The van der Waals surface area contributed by atoms with Crippen molar-refractivity contribution in [3.63, 3.8) is 0 Å². The number of nitrogens with zero attached hydrogens (tertiary/aromatic N) is 1. The van der Waals surface area contributed by atoms with E-state index < -0.39 is 5.38 Å². The van der Waals surface area contributed by atoms with Gasteiger partial charge in [0.05, 0.1) is 6.54 Å². The Hall–Kier alpha value is -2.08. The highest BCUT2D eigenvalue weighted by Crippen LogP contribution is 2.11. The summed E-state index contributed by atoms with van der Waals surface area (Å²) >= 11 is 5.73. The second-order valence-electron chi connectivity index (χ2n) is 5.83. The van der Waals surface area contributed by atoms with Crippen molar-refractivity contribution in [2.45, 2.75) is 31.2 Å². The van der Waals surface area contributed by atoms with Crippen LogP contribution in [0.3, 0.4) is 0 Å². The second-order valence-corrected chi connectivity index (χ2v) is 6.48. The fourth-order valence-electron chi connectivity index (χ4n) is 2.55. The largest absolute Gasteiger partial charge is 0.352 e. The first-order chi connectivity index (χ1) is 11.5. The molecule has 1 aliphatic rings. The molecule has 1 fully saturated rings. The molecule has 7 heteroatoms. The molecule has 2 N–H and O–H groups in total. The van der Waals surface area contributed by atoms with Gasteiger partial charge >= 0.3 is 0 Å². The summed E-state index contributed by atoms with van der Waals surface area (Å²) in [6.45, 7) is 2.72. The average molecular weight is 352 g/mol. The summed E-state index contributed by atoms with van der Waals surface area (Å²) in [4.78, 5) is 37.4. The van der Waals surface area contributed by atoms with Crippen molar-refractivity contribution >= 4 is 29.3 Å². The van der Waals surface area contributed by atoms with Gasteiger partial charge in [0.2, 0.25) is 11.8 Å². The zero-order valence-electron chi connectivity index (χ0n) is 13.6. The second kappa shape index (κ2) is 8.68. The predicted octanol–water partition coefficient (Wildman–Crippen LogP) is 1.15. The van der Waals surface area contributed by atoms with Gasteiger partial charge in [0, 0.05) is 24.7 Å². The summed E-state index contributed by atoms with van der Waals surface area (Å²) in [6.07, 6.45) is 1.38. The quantitative estimate of drug-likeness (QED) is 0.781. The van der Waals surface area contributed by atoms with Crippen LogP contribution < -0.4 is 10.6 Å². The monoisotopic (exact) mass is 351 g/mol. The molecule has 1 aromatic carbocycles. The molecule has 130 valence electrons. The highest BCUT2D eigenvalue weighted by atomic mass is 35.5. The number of carbonyl (C=O) groups excluding carboxylic acids is 3. The molecule has 24 heavy (non-hydrogen) atoms. The lowest BCUT2D eigenvalue weighted by atomic mass is 10.0. The van der Waals surface area contributed by atoms with Crippen molar-refractivity contribution in [1.82, 2.24) is 15.5 Å². The molecule has 1 unspecified atom stereocenters. The molecule has 1 heterocycles. The fourth-order valence-corrected chi connectivity index (χ4v) is 2.61. The lowest BCUT2D eigenvalue weighted by Gasteiger charge is -2.32. The standard InChI is InChI=1S/C17H22ClN3O3/c1-12(18)16(23)20-14-7-9-21(10-8-14)15(22)11-19-17(24)13-5-3-2-4-6-13/h2-6,12,14H,7-11H2,1H3,(H,19,24)(H,20,23). The number of rotatable bonds is 5. The van der Waals surface area contributed by atoms with Gasteiger partial charge in [0.15, 0.2) is 0 Å². The van der Waals surface area contributed by atoms with Gasteiger partial charge in [-0.3, -0.25) is 14.4 Å². The number of nitrogens with one attached hydrogen (secondary N) is 2. The van der Waals surface area contributed by atoms with Crippen molar-refractivity contribution in [3.8, 4) is 0 Å². The van der Waals surface area contributed by atoms with E-state index in [2.05, 4.69) is 10.6 Å². The van der Waals surface area contributed by atoms with E-state index in [4.69, 9.17) is 11.6 Å². The Bertz CT molecular complexity index is 584.